The Morgan fingerprint density at radius 1 is 0.879 bits per heavy atom. The molecule has 0 unspecified atom stereocenters. The zero-order valence-corrected chi connectivity index (χ0v) is 20.3. The summed E-state index contributed by atoms with van der Waals surface area (Å²) >= 11 is 0. The number of nitrogens with two attached hydrogens (primary N) is 1. The Morgan fingerprint density at radius 3 is 1.85 bits per heavy atom. The third kappa shape index (κ3) is 7.66. The third-order valence-electron chi connectivity index (χ3n) is 7.11. The molecule has 0 atom stereocenters. The van der Waals surface area contributed by atoms with Crippen LogP contribution in [0.5, 0.6) is 0 Å². The molecule has 1 fully saturated rings. The Morgan fingerprint density at radius 2 is 1.39 bits per heavy atom. The van der Waals surface area contributed by atoms with Crippen molar-refractivity contribution in [1.82, 2.24) is 15.1 Å². The molecule has 1 saturated heterocycles. The van der Waals surface area contributed by atoms with Gasteiger partial charge in [-0.15, -0.1) is 0 Å². The van der Waals surface area contributed by atoms with E-state index in [1.807, 2.05) is 7.05 Å². The molecule has 0 spiro atoms. The van der Waals surface area contributed by atoms with Gasteiger partial charge in [0.1, 0.15) is 0 Å². The van der Waals surface area contributed by atoms with E-state index in [2.05, 4.69) is 75.8 Å². The maximum Gasteiger partial charge on any atom is 0.230 e. The molecule has 1 heterocycles. The van der Waals surface area contributed by atoms with Crippen molar-refractivity contribution in [2.75, 3.05) is 52.9 Å². The lowest BCUT2D eigenvalue weighted by atomic mass is 9.76. The van der Waals surface area contributed by atoms with Crippen molar-refractivity contribution in [2.45, 2.75) is 38.5 Å². The van der Waals surface area contributed by atoms with Gasteiger partial charge in [-0.25, -0.2) is 0 Å². The Balaban J connectivity index is 1.63. The van der Waals surface area contributed by atoms with Gasteiger partial charge in [0.25, 0.3) is 0 Å². The zero-order valence-electron chi connectivity index (χ0n) is 20.3. The first-order valence-corrected chi connectivity index (χ1v) is 12.6. The molecule has 0 bridgehead atoms. The SMILES string of the molecule is CNCCN1CCN(C(=O)C(CN)(CCCc2ccccc2)CCCc2ccccc2)CC1. The summed E-state index contributed by atoms with van der Waals surface area (Å²) in [5, 5.41) is 3.22. The Bertz CT molecular complexity index is 758. The fourth-order valence-corrected chi connectivity index (χ4v) is 4.96. The second-order valence-corrected chi connectivity index (χ2v) is 9.40. The number of benzene rings is 2. The predicted octanol–water partition coefficient (Wildman–Crippen LogP) is 3.34. The normalized spacial score (nSPS) is 15.0. The molecule has 180 valence electrons. The molecule has 3 N–H and O–H groups in total. The standard InChI is InChI=1S/C28H42N4O/c1-30-18-19-31-20-22-32(23-21-31)27(33)28(24-29,16-8-14-25-10-4-2-5-11-25)17-9-15-26-12-6-3-7-13-26/h2-7,10-13,30H,8-9,14-24,29H2,1H3. The number of likely N-dealkylation sites (N-methyl/N-ethyl adjacent to an activating group) is 1. The van der Waals surface area contributed by atoms with Crippen molar-refractivity contribution < 1.29 is 4.79 Å². The number of piperazine rings is 1. The van der Waals surface area contributed by atoms with Crippen LogP contribution in [0, 0.1) is 5.41 Å². The summed E-state index contributed by atoms with van der Waals surface area (Å²) in [5.41, 5.74) is 8.60. The molecule has 1 aliphatic rings. The lowest BCUT2D eigenvalue weighted by Crippen LogP contribution is -2.55. The van der Waals surface area contributed by atoms with Crippen LogP contribution in [-0.4, -0.2) is 68.6 Å². The van der Waals surface area contributed by atoms with Gasteiger partial charge in [-0.1, -0.05) is 60.7 Å². The summed E-state index contributed by atoms with van der Waals surface area (Å²) in [7, 11) is 1.99. The molecule has 1 amide bonds. The lowest BCUT2D eigenvalue weighted by molar-refractivity contribution is -0.144. The molecule has 1 aliphatic heterocycles. The van der Waals surface area contributed by atoms with Gasteiger partial charge >= 0.3 is 0 Å². The lowest BCUT2D eigenvalue weighted by Gasteiger charge is -2.41. The van der Waals surface area contributed by atoms with Crippen LogP contribution < -0.4 is 11.1 Å². The fourth-order valence-electron chi connectivity index (χ4n) is 4.96. The minimum Gasteiger partial charge on any atom is -0.340 e. The molecular weight excluding hydrogens is 408 g/mol. The highest BCUT2D eigenvalue weighted by atomic mass is 16.2. The van der Waals surface area contributed by atoms with Crippen LogP contribution in [0.4, 0.5) is 0 Å². The molecule has 5 nitrogen and oxygen atoms in total. The van der Waals surface area contributed by atoms with Crippen LogP contribution in [0.1, 0.15) is 36.8 Å². The monoisotopic (exact) mass is 450 g/mol. The van der Waals surface area contributed by atoms with E-state index in [0.29, 0.717) is 6.54 Å². The molecule has 2 aromatic rings. The first-order valence-electron chi connectivity index (χ1n) is 12.6. The average molecular weight is 451 g/mol. The largest absolute Gasteiger partial charge is 0.340 e. The zero-order chi connectivity index (χ0) is 23.4. The van der Waals surface area contributed by atoms with E-state index >= 15 is 0 Å². The van der Waals surface area contributed by atoms with Crippen molar-refractivity contribution in [3.05, 3.63) is 71.8 Å². The van der Waals surface area contributed by atoms with Crippen LogP contribution >= 0.6 is 0 Å². The van der Waals surface area contributed by atoms with Crippen LogP contribution in [0.2, 0.25) is 0 Å². The van der Waals surface area contributed by atoms with Gasteiger partial charge in [-0.3, -0.25) is 9.69 Å². The maximum atomic E-state index is 13.9. The minimum atomic E-state index is -0.462. The highest BCUT2D eigenvalue weighted by molar-refractivity contribution is 5.83. The van der Waals surface area contributed by atoms with E-state index in [0.717, 1.165) is 77.8 Å². The van der Waals surface area contributed by atoms with Gasteiger partial charge in [0, 0.05) is 45.8 Å². The number of amides is 1. The van der Waals surface area contributed by atoms with Gasteiger partial charge < -0.3 is 16.0 Å². The Kier molecular flexibility index (Phi) is 10.4. The number of nitrogens with one attached hydrogen (secondary N) is 1. The Hall–Kier alpha value is -2.21. The predicted molar refractivity (Wildman–Crippen MR) is 137 cm³/mol. The molecular formula is C28H42N4O. The van der Waals surface area contributed by atoms with E-state index < -0.39 is 5.41 Å². The summed E-state index contributed by atoms with van der Waals surface area (Å²) in [5.74, 6) is 0.277. The third-order valence-corrected chi connectivity index (χ3v) is 7.11. The second-order valence-electron chi connectivity index (χ2n) is 9.40. The summed E-state index contributed by atoms with van der Waals surface area (Å²) in [4.78, 5) is 18.4. The minimum absolute atomic E-state index is 0.277. The molecule has 0 aliphatic carbocycles. The Labute approximate surface area is 200 Å². The van der Waals surface area contributed by atoms with Crippen molar-refractivity contribution in [1.29, 1.82) is 0 Å². The molecule has 0 saturated carbocycles. The summed E-state index contributed by atoms with van der Waals surface area (Å²) < 4.78 is 0. The van der Waals surface area contributed by atoms with E-state index in [1.54, 1.807) is 0 Å². The number of hydrogen-bond donors (Lipinski definition) is 2. The van der Waals surface area contributed by atoms with Crippen molar-refractivity contribution in [3.63, 3.8) is 0 Å². The summed E-state index contributed by atoms with van der Waals surface area (Å²) in [6, 6.07) is 21.1. The second kappa shape index (κ2) is 13.5. The fraction of sp³-hybridized carbons (Fsp3) is 0.536. The van der Waals surface area contributed by atoms with E-state index in [1.165, 1.54) is 11.1 Å². The number of hydrogen-bond acceptors (Lipinski definition) is 4. The summed E-state index contributed by atoms with van der Waals surface area (Å²) in [6.07, 6.45) is 5.66. The topological polar surface area (TPSA) is 61.6 Å². The van der Waals surface area contributed by atoms with Gasteiger partial charge in [0.15, 0.2) is 0 Å². The molecule has 5 heteroatoms. The van der Waals surface area contributed by atoms with Crippen molar-refractivity contribution in [2.24, 2.45) is 11.1 Å². The van der Waals surface area contributed by atoms with Crippen LogP contribution in [-0.2, 0) is 17.6 Å². The molecule has 0 radical (unpaired) electrons. The van der Waals surface area contributed by atoms with Crippen LogP contribution in [0.25, 0.3) is 0 Å². The van der Waals surface area contributed by atoms with Gasteiger partial charge in [-0.2, -0.15) is 0 Å². The quantitative estimate of drug-likeness (QED) is 0.491. The number of carbonyl (C=O) groups is 1. The number of aryl methyl sites for hydroxylation is 2. The first kappa shape index (κ1) is 25.4. The van der Waals surface area contributed by atoms with Crippen molar-refractivity contribution >= 4 is 5.91 Å². The molecule has 2 aromatic carbocycles. The van der Waals surface area contributed by atoms with E-state index in [4.69, 9.17) is 5.73 Å². The van der Waals surface area contributed by atoms with E-state index in [-0.39, 0.29) is 5.91 Å². The highest BCUT2D eigenvalue weighted by Crippen LogP contribution is 2.33. The van der Waals surface area contributed by atoms with E-state index in [9.17, 15) is 4.79 Å². The van der Waals surface area contributed by atoms with Crippen molar-refractivity contribution in [3.8, 4) is 0 Å². The van der Waals surface area contributed by atoms with Crippen LogP contribution in [0.3, 0.4) is 0 Å². The maximum absolute atomic E-state index is 13.9. The highest BCUT2D eigenvalue weighted by Gasteiger charge is 2.39. The van der Waals surface area contributed by atoms with Gasteiger partial charge in [0.2, 0.25) is 5.91 Å². The average Bonchev–Trinajstić information content (AvgIpc) is 2.88. The molecule has 33 heavy (non-hydrogen) atoms. The number of carbonyl (C=O) groups excluding carboxylic acids is 1. The van der Waals surface area contributed by atoms with Gasteiger partial charge in [-0.05, 0) is 56.7 Å². The molecule has 0 aromatic heterocycles. The first-order chi connectivity index (χ1) is 16.2. The molecule has 3 rings (SSSR count). The van der Waals surface area contributed by atoms with Crippen LogP contribution in [0.15, 0.2) is 60.7 Å². The smallest absolute Gasteiger partial charge is 0.230 e. The summed E-state index contributed by atoms with van der Waals surface area (Å²) in [6.45, 7) is 5.96. The number of rotatable bonds is 13. The van der Waals surface area contributed by atoms with Gasteiger partial charge in [0.05, 0.1) is 5.41 Å². The number of nitrogens with zero attached hydrogens (tertiary/aromatic N) is 2.